The second kappa shape index (κ2) is 6.80. The van der Waals surface area contributed by atoms with Gasteiger partial charge in [-0.25, -0.2) is 4.57 Å². The molecule has 0 bridgehead atoms. The largest absolute Gasteiger partial charge is 1.00 e. The highest BCUT2D eigenvalue weighted by atomic mass is 35.5. The van der Waals surface area contributed by atoms with Crippen molar-refractivity contribution >= 4 is 5.97 Å². The number of carbonyl (C=O) groups is 1. The maximum absolute atomic E-state index is 11.0. The minimum absolute atomic E-state index is 0. The fourth-order valence-corrected chi connectivity index (χ4v) is 2.39. The molecule has 0 saturated heterocycles. The molecular formula is C13H23ClN2O3. The molecule has 0 aliphatic heterocycles. The van der Waals surface area contributed by atoms with E-state index in [1.807, 2.05) is 25.5 Å². The van der Waals surface area contributed by atoms with Gasteiger partial charge in [-0.1, -0.05) is 13.8 Å². The summed E-state index contributed by atoms with van der Waals surface area (Å²) in [4.78, 5) is 11.0. The van der Waals surface area contributed by atoms with Crippen LogP contribution in [-0.2, 0) is 11.8 Å². The molecule has 6 heteroatoms. The van der Waals surface area contributed by atoms with Gasteiger partial charge in [0.2, 0.25) is 0 Å². The van der Waals surface area contributed by atoms with Gasteiger partial charge in [0.05, 0.1) is 19.4 Å². The summed E-state index contributed by atoms with van der Waals surface area (Å²) in [5, 5.41) is 19.1. The van der Waals surface area contributed by atoms with Crippen LogP contribution >= 0.6 is 0 Å². The highest BCUT2D eigenvalue weighted by Crippen LogP contribution is 2.26. The molecule has 0 saturated carbocycles. The Hall–Kier alpha value is -1.23. The molecule has 1 rings (SSSR count). The molecule has 0 amide bonds. The first kappa shape index (κ1) is 17.8. The Morgan fingerprint density at radius 3 is 2.21 bits per heavy atom. The van der Waals surface area contributed by atoms with Crippen molar-refractivity contribution < 1.29 is 32.1 Å². The van der Waals surface area contributed by atoms with Crippen LogP contribution in [0.2, 0.25) is 0 Å². The van der Waals surface area contributed by atoms with Crippen LogP contribution in [0.4, 0.5) is 0 Å². The summed E-state index contributed by atoms with van der Waals surface area (Å²) in [6, 6.07) is 0. The molecule has 0 aromatic carbocycles. The summed E-state index contributed by atoms with van der Waals surface area (Å²) in [5.41, 5.74) is 1.71. The lowest BCUT2D eigenvalue weighted by Gasteiger charge is -2.13. The van der Waals surface area contributed by atoms with E-state index in [0.29, 0.717) is 11.7 Å². The average Bonchev–Trinajstić information content (AvgIpc) is 2.41. The number of aliphatic carboxylic acids is 1. The predicted molar refractivity (Wildman–Crippen MR) is 66.7 cm³/mol. The number of hydrogen-bond donors (Lipinski definition) is 2. The van der Waals surface area contributed by atoms with Crippen LogP contribution in [0, 0.1) is 19.8 Å². The number of nitrogens with zero attached hydrogens (tertiary/aromatic N) is 2. The zero-order valence-electron chi connectivity index (χ0n) is 12.1. The Morgan fingerprint density at radius 2 is 1.89 bits per heavy atom. The highest BCUT2D eigenvalue weighted by molar-refractivity contribution is 5.67. The fourth-order valence-electron chi connectivity index (χ4n) is 2.39. The second-order valence-electron chi connectivity index (χ2n) is 5.32. The van der Waals surface area contributed by atoms with Crippen LogP contribution in [0.25, 0.3) is 0 Å². The summed E-state index contributed by atoms with van der Waals surface area (Å²) < 4.78 is 3.01. The van der Waals surface area contributed by atoms with Crippen molar-refractivity contribution in [3.8, 4) is 0 Å². The predicted octanol–water partition coefficient (Wildman–Crippen LogP) is -1.22. The molecule has 2 N–H and O–H groups in total. The van der Waals surface area contributed by atoms with Gasteiger partial charge in [0.1, 0.15) is 5.69 Å². The summed E-state index contributed by atoms with van der Waals surface area (Å²) in [5.74, 6) is 0.0352. The van der Waals surface area contributed by atoms with Crippen molar-refractivity contribution in [3.63, 3.8) is 0 Å². The third-order valence-corrected chi connectivity index (χ3v) is 3.45. The zero-order chi connectivity index (χ0) is 14.0. The molecule has 1 heterocycles. The van der Waals surface area contributed by atoms with Crippen LogP contribution in [0.15, 0.2) is 0 Å². The monoisotopic (exact) mass is 290 g/mol. The molecule has 1 atom stereocenters. The van der Waals surface area contributed by atoms with Crippen LogP contribution in [0.3, 0.4) is 0 Å². The Labute approximate surface area is 120 Å². The molecule has 1 aromatic heterocycles. The molecule has 1 aromatic rings. The molecule has 0 radical (unpaired) electrons. The number of halogens is 1. The Balaban J connectivity index is 0.00000324. The topological polar surface area (TPSA) is 66.3 Å². The van der Waals surface area contributed by atoms with Gasteiger partial charge in [0, 0.05) is 13.8 Å². The van der Waals surface area contributed by atoms with E-state index in [1.54, 1.807) is 0 Å². The Bertz CT molecular complexity index is 430. The average molecular weight is 291 g/mol. The van der Waals surface area contributed by atoms with Gasteiger partial charge in [-0.3, -0.25) is 4.79 Å². The van der Waals surface area contributed by atoms with Crippen molar-refractivity contribution in [2.75, 3.05) is 0 Å². The van der Waals surface area contributed by atoms with Crippen molar-refractivity contribution in [2.24, 2.45) is 13.0 Å². The van der Waals surface area contributed by atoms with Crippen LogP contribution < -0.4 is 17.0 Å². The first-order valence-electron chi connectivity index (χ1n) is 6.24. The van der Waals surface area contributed by atoms with Gasteiger partial charge in [0.25, 0.3) is 5.82 Å². The second-order valence-corrected chi connectivity index (χ2v) is 5.32. The van der Waals surface area contributed by atoms with E-state index >= 15 is 0 Å². The Morgan fingerprint density at radius 1 is 1.37 bits per heavy atom. The summed E-state index contributed by atoms with van der Waals surface area (Å²) in [6.07, 6.45) is 0.777. The summed E-state index contributed by atoms with van der Waals surface area (Å²) in [6.45, 7) is 7.85. The summed E-state index contributed by atoms with van der Waals surface area (Å²) >= 11 is 0. The maximum atomic E-state index is 11.0. The standard InChI is InChI=1S/C13H22N2O3.ClH/c1-8(2)6-11(7-12(16)17)13-14(5)9(3)10(4)15(13)18;/h8,11H,6-7H2,1-5H3,(H-,16,17,18);1H. The van der Waals surface area contributed by atoms with Crippen LogP contribution in [0.1, 0.15) is 49.8 Å². The van der Waals surface area contributed by atoms with E-state index in [9.17, 15) is 10.0 Å². The number of aromatic nitrogens is 2. The van der Waals surface area contributed by atoms with Gasteiger partial charge in [-0.2, -0.15) is 0 Å². The quantitative estimate of drug-likeness (QED) is 0.527. The zero-order valence-corrected chi connectivity index (χ0v) is 12.9. The normalized spacial score (nSPS) is 12.3. The summed E-state index contributed by atoms with van der Waals surface area (Å²) in [7, 11) is 1.86. The number of rotatable bonds is 5. The third-order valence-electron chi connectivity index (χ3n) is 3.45. The molecular weight excluding hydrogens is 268 g/mol. The first-order valence-corrected chi connectivity index (χ1v) is 6.24. The van der Waals surface area contributed by atoms with Crippen molar-refractivity contribution in [1.29, 1.82) is 0 Å². The van der Waals surface area contributed by atoms with Gasteiger partial charge in [-0.15, -0.1) is 0 Å². The molecule has 0 fully saturated rings. The van der Waals surface area contributed by atoms with E-state index in [1.165, 1.54) is 0 Å². The molecule has 0 aliphatic rings. The van der Waals surface area contributed by atoms with Crippen molar-refractivity contribution in [1.82, 2.24) is 4.73 Å². The lowest BCUT2D eigenvalue weighted by atomic mass is 9.93. The van der Waals surface area contributed by atoms with E-state index in [4.69, 9.17) is 5.11 Å². The van der Waals surface area contributed by atoms with Gasteiger partial charge >= 0.3 is 5.97 Å². The van der Waals surface area contributed by atoms with Crippen molar-refractivity contribution in [2.45, 2.75) is 46.5 Å². The van der Waals surface area contributed by atoms with E-state index in [-0.39, 0.29) is 24.7 Å². The van der Waals surface area contributed by atoms with Crippen LogP contribution in [-0.4, -0.2) is 21.0 Å². The fraction of sp³-hybridized carbons (Fsp3) is 0.692. The smallest absolute Gasteiger partial charge is 0.304 e. The molecule has 19 heavy (non-hydrogen) atoms. The first-order chi connectivity index (χ1) is 8.25. The molecule has 110 valence electrons. The maximum Gasteiger partial charge on any atom is 0.304 e. The number of imidazole rings is 1. The lowest BCUT2D eigenvalue weighted by Crippen LogP contribution is -3.00. The number of carboxylic acid groups (broad SMARTS) is 1. The minimum atomic E-state index is -0.836. The highest BCUT2D eigenvalue weighted by Gasteiger charge is 2.32. The molecule has 0 spiro atoms. The number of carboxylic acids is 1. The minimum Gasteiger partial charge on any atom is -1.00 e. The van der Waals surface area contributed by atoms with Gasteiger partial charge < -0.3 is 22.7 Å². The van der Waals surface area contributed by atoms with Gasteiger partial charge in [0.15, 0.2) is 5.69 Å². The van der Waals surface area contributed by atoms with E-state index in [2.05, 4.69) is 13.8 Å². The third kappa shape index (κ3) is 3.86. The molecule has 5 nitrogen and oxygen atoms in total. The Kier molecular flexibility index (Phi) is 6.36. The van der Waals surface area contributed by atoms with E-state index < -0.39 is 5.97 Å². The molecule has 1 unspecified atom stereocenters. The van der Waals surface area contributed by atoms with Gasteiger partial charge in [-0.05, 0) is 17.1 Å². The lowest BCUT2D eigenvalue weighted by molar-refractivity contribution is -0.687. The van der Waals surface area contributed by atoms with Crippen LogP contribution in [0.5, 0.6) is 0 Å². The van der Waals surface area contributed by atoms with Crippen molar-refractivity contribution in [3.05, 3.63) is 17.2 Å². The SMILES string of the molecule is Cc1c(C)[n+](C)c(C(CC(=O)O)CC(C)C)n1O.[Cl-]. The number of hydrogen-bond acceptors (Lipinski definition) is 2. The van der Waals surface area contributed by atoms with E-state index in [0.717, 1.165) is 22.5 Å². The molecule has 0 aliphatic carbocycles.